The van der Waals surface area contributed by atoms with E-state index in [0.717, 1.165) is 5.69 Å². The fourth-order valence-corrected chi connectivity index (χ4v) is 1.79. The zero-order chi connectivity index (χ0) is 15.6. The van der Waals surface area contributed by atoms with E-state index < -0.39 is 5.97 Å². The highest BCUT2D eigenvalue weighted by molar-refractivity contribution is 5.88. The number of nitrogens with zero attached hydrogens (tertiary/aromatic N) is 1. The molecule has 0 aliphatic rings. The van der Waals surface area contributed by atoms with Gasteiger partial charge < -0.3 is 15.5 Å². The predicted octanol–water partition coefficient (Wildman–Crippen LogP) is 2.65. The molecule has 3 N–H and O–H groups in total. The highest BCUT2D eigenvalue weighted by atomic mass is 16.4. The number of aliphatic hydroxyl groups is 1. The second-order valence-electron chi connectivity index (χ2n) is 6.66. The Kier molecular flexibility index (Phi) is 4.76. The summed E-state index contributed by atoms with van der Waals surface area (Å²) in [5.74, 6) is -0.450. The zero-order valence-electron chi connectivity index (χ0n) is 12.8. The van der Waals surface area contributed by atoms with Crippen molar-refractivity contribution < 1.29 is 15.0 Å². The molecule has 0 aliphatic carbocycles. The molecule has 0 saturated heterocycles. The molecule has 112 valence electrons. The number of aliphatic hydroxyl groups excluding tert-OH is 1. The molecule has 5 heteroatoms. The second kappa shape index (κ2) is 5.79. The van der Waals surface area contributed by atoms with Gasteiger partial charge in [-0.15, -0.1) is 0 Å². The Morgan fingerprint density at radius 3 is 2.30 bits per heavy atom. The number of hydrogen-bond acceptors (Lipinski definition) is 4. The van der Waals surface area contributed by atoms with Crippen molar-refractivity contribution >= 4 is 11.8 Å². The fourth-order valence-electron chi connectivity index (χ4n) is 1.79. The average Bonchev–Trinajstić information content (AvgIpc) is 2.26. The third-order valence-electron chi connectivity index (χ3n) is 3.04. The summed E-state index contributed by atoms with van der Waals surface area (Å²) in [6.45, 7) is 9.91. The number of anilines is 1. The normalized spacial score (nSPS) is 12.3. The van der Waals surface area contributed by atoms with Gasteiger partial charge in [-0.05, 0) is 32.4 Å². The molecule has 0 atom stereocenters. The lowest BCUT2D eigenvalue weighted by molar-refractivity contribution is 0.0696. The van der Waals surface area contributed by atoms with E-state index in [1.807, 2.05) is 34.6 Å². The van der Waals surface area contributed by atoms with Crippen LogP contribution in [0.3, 0.4) is 0 Å². The SMILES string of the molecule is CC(C)(CCO)Nc1cc(C(=O)O)cc(C(C)(C)C)n1. The Morgan fingerprint density at radius 2 is 1.85 bits per heavy atom. The Hall–Kier alpha value is -1.62. The molecule has 0 unspecified atom stereocenters. The van der Waals surface area contributed by atoms with Crippen LogP contribution >= 0.6 is 0 Å². The minimum absolute atomic E-state index is 0.0603. The molecule has 0 radical (unpaired) electrons. The molecule has 0 aromatic carbocycles. The maximum atomic E-state index is 11.2. The van der Waals surface area contributed by atoms with Crippen LogP contribution in [0.4, 0.5) is 5.82 Å². The topological polar surface area (TPSA) is 82.5 Å². The highest BCUT2D eigenvalue weighted by Gasteiger charge is 2.22. The lowest BCUT2D eigenvalue weighted by Gasteiger charge is -2.27. The number of rotatable bonds is 5. The van der Waals surface area contributed by atoms with Crippen LogP contribution in [-0.2, 0) is 5.41 Å². The second-order valence-corrected chi connectivity index (χ2v) is 6.66. The summed E-state index contributed by atoms with van der Waals surface area (Å²) >= 11 is 0. The third kappa shape index (κ3) is 4.49. The fraction of sp³-hybridized carbons (Fsp3) is 0.600. The third-order valence-corrected chi connectivity index (χ3v) is 3.04. The number of carbonyl (C=O) groups is 1. The van der Waals surface area contributed by atoms with Crippen LogP contribution in [0.5, 0.6) is 0 Å². The number of pyridine rings is 1. The Balaban J connectivity index is 3.19. The number of nitrogens with one attached hydrogen (secondary N) is 1. The summed E-state index contributed by atoms with van der Waals surface area (Å²) in [5, 5.41) is 21.5. The van der Waals surface area contributed by atoms with E-state index in [9.17, 15) is 9.90 Å². The van der Waals surface area contributed by atoms with Gasteiger partial charge in [-0.25, -0.2) is 9.78 Å². The molecule has 1 rings (SSSR count). The van der Waals surface area contributed by atoms with E-state index >= 15 is 0 Å². The standard InChI is InChI=1S/C15H24N2O3/c1-14(2,3)11-8-10(13(19)20)9-12(16-11)17-15(4,5)6-7-18/h8-9,18H,6-7H2,1-5H3,(H,16,17)(H,19,20). The summed E-state index contributed by atoms with van der Waals surface area (Å²) in [6, 6.07) is 3.13. The minimum Gasteiger partial charge on any atom is -0.478 e. The quantitative estimate of drug-likeness (QED) is 0.772. The summed E-state index contributed by atoms with van der Waals surface area (Å²) in [5.41, 5.74) is 0.351. The minimum atomic E-state index is -0.971. The molecule has 5 nitrogen and oxygen atoms in total. The maximum absolute atomic E-state index is 11.2. The lowest BCUT2D eigenvalue weighted by atomic mass is 9.90. The Labute approximate surface area is 120 Å². The molecule has 0 saturated carbocycles. The van der Waals surface area contributed by atoms with Crippen LogP contribution in [0, 0.1) is 0 Å². The summed E-state index contributed by atoms with van der Waals surface area (Å²) in [6.07, 6.45) is 0.552. The Bertz CT molecular complexity index is 490. The molecule has 0 amide bonds. The Morgan fingerprint density at radius 1 is 1.25 bits per heavy atom. The largest absolute Gasteiger partial charge is 0.478 e. The van der Waals surface area contributed by atoms with Gasteiger partial charge in [0, 0.05) is 23.3 Å². The van der Waals surface area contributed by atoms with E-state index in [-0.39, 0.29) is 23.1 Å². The average molecular weight is 280 g/mol. The van der Waals surface area contributed by atoms with Crippen LogP contribution in [0.25, 0.3) is 0 Å². The molecule has 0 aliphatic heterocycles. The first-order valence-electron chi connectivity index (χ1n) is 6.70. The van der Waals surface area contributed by atoms with Gasteiger partial charge in [-0.3, -0.25) is 0 Å². The molecule has 0 bridgehead atoms. The summed E-state index contributed by atoms with van der Waals surface area (Å²) in [7, 11) is 0. The van der Waals surface area contributed by atoms with Crippen molar-refractivity contribution in [2.24, 2.45) is 0 Å². The number of carboxylic acid groups (broad SMARTS) is 1. The smallest absolute Gasteiger partial charge is 0.335 e. The monoisotopic (exact) mass is 280 g/mol. The van der Waals surface area contributed by atoms with Gasteiger partial charge in [0.1, 0.15) is 5.82 Å². The molecular weight excluding hydrogens is 256 g/mol. The van der Waals surface area contributed by atoms with Gasteiger partial charge >= 0.3 is 5.97 Å². The molecular formula is C15H24N2O3. The molecule has 0 spiro atoms. The van der Waals surface area contributed by atoms with Crippen LogP contribution in [0.2, 0.25) is 0 Å². The van der Waals surface area contributed by atoms with Crippen LogP contribution < -0.4 is 5.32 Å². The van der Waals surface area contributed by atoms with Crippen molar-refractivity contribution in [3.63, 3.8) is 0 Å². The van der Waals surface area contributed by atoms with Crippen molar-refractivity contribution in [3.05, 3.63) is 23.4 Å². The van der Waals surface area contributed by atoms with Gasteiger partial charge in [0.15, 0.2) is 0 Å². The van der Waals surface area contributed by atoms with E-state index in [1.54, 1.807) is 6.07 Å². The first-order valence-corrected chi connectivity index (χ1v) is 6.70. The first-order chi connectivity index (χ1) is 9.05. The molecule has 1 heterocycles. The zero-order valence-corrected chi connectivity index (χ0v) is 12.8. The van der Waals surface area contributed by atoms with Gasteiger partial charge in [0.25, 0.3) is 0 Å². The number of hydrogen-bond donors (Lipinski definition) is 3. The molecule has 1 aromatic heterocycles. The molecule has 20 heavy (non-hydrogen) atoms. The first kappa shape index (κ1) is 16.4. The van der Waals surface area contributed by atoms with Gasteiger partial charge in [-0.1, -0.05) is 20.8 Å². The van der Waals surface area contributed by atoms with Gasteiger partial charge in [0.2, 0.25) is 0 Å². The van der Waals surface area contributed by atoms with Crippen LogP contribution in [0.15, 0.2) is 12.1 Å². The molecule has 0 fully saturated rings. The number of aromatic carboxylic acids is 1. The predicted molar refractivity (Wildman–Crippen MR) is 79.3 cm³/mol. The van der Waals surface area contributed by atoms with Crippen LogP contribution in [0.1, 0.15) is 57.1 Å². The lowest BCUT2D eigenvalue weighted by Crippen LogP contribution is -2.33. The maximum Gasteiger partial charge on any atom is 0.335 e. The van der Waals surface area contributed by atoms with Crippen molar-refractivity contribution in [3.8, 4) is 0 Å². The number of carboxylic acids is 1. The van der Waals surface area contributed by atoms with Crippen molar-refractivity contribution in [2.75, 3.05) is 11.9 Å². The summed E-state index contributed by atoms with van der Waals surface area (Å²) in [4.78, 5) is 15.7. The van der Waals surface area contributed by atoms with Crippen LogP contribution in [-0.4, -0.2) is 33.3 Å². The van der Waals surface area contributed by atoms with Gasteiger partial charge in [-0.2, -0.15) is 0 Å². The van der Waals surface area contributed by atoms with E-state index in [1.165, 1.54) is 6.07 Å². The van der Waals surface area contributed by atoms with E-state index in [0.29, 0.717) is 12.2 Å². The van der Waals surface area contributed by atoms with E-state index in [4.69, 9.17) is 5.11 Å². The molecule has 1 aromatic rings. The van der Waals surface area contributed by atoms with Gasteiger partial charge in [0.05, 0.1) is 5.56 Å². The van der Waals surface area contributed by atoms with E-state index in [2.05, 4.69) is 10.3 Å². The van der Waals surface area contributed by atoms with Crippen molar-refractivity contribution in [1.82, 2.24) is 4.98 Å². The number of aromatic nitrogens is 1. The van der Waals surface area contributed by atoms with Crippen molar-refractivity contribution in [2.45, 2.75) is 52.0 Å². The highest BCUT2D eigenvalue weighted by Crippen LogP contribution is 2.25. The summed E-state index contributed by atoms with van der Waals surface area (Å²) < 4.78 is 0. The van der Waals surface area contributed by atoms with Crippen molar-refractivity contribution in [1.29, 1.82) is 0 Å².